The average molecular weight is 367 g/mol. The second-order valence-electron chi connectivity index (χ2n) is 6.53. The lowest BCUT2D eigenvalue weighted by Crippen LogP contribution is -2.32. The SMILES string of the molecule is CCn1c(=O)n([C@@H]2CCN(C(=O)c3ccc(OC)nc3)C2)c2ncccc21. The summed E-state index contributed by atoms with van der Waals surface area (Å²) in [5.41, 5.74) is 1.94. The lowest BCUT2D eigenvalue weighted by Gasteiger charge is -2.17. The molecule has 0 spiro atoms. The molecule has 1 aliphatic rings. The number of likely N-dealkylation sites (tertiary alicyclic amines) is 1. The summed E-state index contributed by atoms with van der Waals surface area (Å²) in [5.74, 6) is 0.378. The van der Waals surface area contributed by atoms with Gasteiger partial charge >= 0.3 is 5.69 Å². The molecule has 140 valence electrons. The molecule has 1 saturated heterocycles. The van der Waals surface area contributed by atoms with E-state index in [0.717, 1.165) is 5.52 Å². The summed E-state index contributed by atoms with van der Waals surface area (Å²) in [4.78, 5) is 35.9. The first-order chi connectivity index (χ1) is 13.1. The molecule has 8 heteroatoms. The van der Waals surface area contributed by atoms with Crippen molar-refractivity contribution in [2.75, 3.05) is 20.2 Å². The predicted molar refractivity (Wildman–Crippen MR) is 100 cm³/mol. The highest BCUT2D eigenvalue weighted by atomic mass is 16.5. The standard InChI is InChI=1S/C19H21N5O3/c1-3-23-15-5-4-9-20-17(15)24(19(23)26)14-8-10-22(12-14)18(25)13-6-7-16(27-2)21-11-13/h4-7,9,11,14H,3,8,10,12H2,1-2H3/t14-/m1/s1. The second kappa shape index (κ2) is 6.86. The molecular weight excluding hydrogens is 346 g/mol. The van der Waals surface area contributed by atoms with Crippen LogP contribution in [0.1, 0.15) is 29.7 Å². The Morgan fingerprint density at radius 1 is 1.30 bits per heavy atom. The van der Waals surface area contributed by atoms with Crippen LogP contribution in [0.25, 0.3) is 11.2 Å². The van der Waals surface area contributed by atoms with Crippen LogP contribution >= 0.6 is 0 Å². The van der Waals surface area contributed by atoms with Gasteiger partial charge in [-0.25, -0.2) is 14.8 Å². The summed E-state index contributed by atoms with van der Waals surface area (Å²) < 4.78 is 8.49. The summed E-state index contributed by atoms with van der Waals surface area (Å²) in [6.07, 6.45) is 3.93. The summed E-state index contributed by atoms with van der Waals surface area (Å²) in [6, 6.07) is 7.03. The lowest BCUT2D eigenvalue weighted by molar-refractivity contribution is 0.0787. The number of ether oxygens (including phenoxy) is 1. The van der Waals surface area contributed by atoms with Crippen LogP contribution in [0.3, 0.4) is 0 Å². The molecule has 3 aromatic rings. The largest absolute Gasteiger partial charge is 0.481 e. The number of hydrogen-bond acceptors (Lipinski definition) is 5. The Balaban J connectivity index is 1.61. The molecule has 27 heavy (non-hydrogen) atoms. The van der Waals surface area contributed by atoms with Crippen LogP contribution in [0.5, 0.6) is 5.88 Å². The van der Waals surface area contributed by atoms with Crippen LogP contribution in [-0.2, 0) is 6.54 Å². The van der Waals surface area contributed by atoms with Crippen LogP contribution in [0.4, 0.5) is 0 Å². The van der Waals surface area contributed by atoms with Gasteiger partial charge in [-0.1, -0.05) is 0 Å². The van der Waals surface area contributed by atoms with Crippen molar-refractivity contribution in [3.8, 4) is 5.88 Å². The van der Waals surface area contributed by atoms with Crippen LogP contribution in [-0.4, -0.2) is 50.1 Å². The summed E-state index contributed by atoms with van der Waals surface area (Å²) in [6.45, 7) is 3.60. The molecule has 1 fully saturated rings. The smallest absolute Gasteiger partial charge is 0.330 e. The number of fused-ring (bicyclic) bond motifs is 1. The van der Waals surface area contributed by atoms with E-state index in [1.807, 2.05) is 19.1 Å². The van der Waals surface area contributed by atoms with E-state index in [-0.39, 0.29) is 17.6 Å². The topological polar surface area (TPSA) is 82.2 Å². The molecule has 4 heterocycles. The van der Waals surface area contributed by atoms with Gasteiger partial charge in [0.25, 0.3) is 5.91 Å². The molecule has 3 aromatic heterocycles. The molecule has 0 radical (unpaired) electrons. The minimum absolute atomic E-state index is 0.0726. The Morgan fingerprint density at radius 2 is 2.15 bits per heavy atom. The number of carbonyl (C=O) groups is 1. The van der Waals surface area contributed by atoms with E-state index in [1.54, 1.807) is 32.4 Å². The van der Waals surface area contributed by atoms with Gasteiger partial charge < -0.3 is 9.64 Å². The van der Waals surface area contributed by atoms with E-state index in [1.165, 1.54) is 13.3 Å². The van der Waals surface area contributed by atoms with Gasteiger partial charge in [-0.2, -0.15) is 0 Å². The number of hydrogen-bond donors (Lipinski definition) is 0. The third-order valence-electron chi connectivity index (χ3n) is 5.05. The van der Waals surface area contributed by atoms with Crippen molar-refractivity contribution in [1.29, 1.82) is 0 Å². The van der Waals surface area contributed by atoms with Crippen LogP contribution in [0, 0.1) is 0 Å². The maximum absolute atomic E-state index is 12.9. The number of carbonyl (C=O) groups excluding carboxylic acids is 1. The Labute approximate surface area is 156 Å². The van der Waals surface area contributed by atoms with Gasteiger partial charge in [0, 0.05) is 38.1 Å². The zero-order valence-electron chi connectivity index (χ0n) is 15.3. The normalized spacial score (nSPS) is 16.8. The highest BCUT2D eigenvalue weighted by Gasteiger charge is 2.31. The molecule has 8 nitrogen and oxygen atoms in total. The zero-order valence-corrected chi connectivity index (χ0v) is 15.3. The van der Waals surface area contributed by atoms with Crippen molar-refractivity contribution in [1.82, 2.24) is 24.0 Å². The summed E-state index contributed by atoms with van der Waals surface area (Å²) in [5, 5.41) is 0. The number of aromatic nitrogens is 4. The van der Waals surface area contributed by atoms with Crippen molar-refractivity contribution in [2.45, 2.75) is 25.9 Å². The van der Waals surface area contributed by atoms with Crippen LogP contribution in [0.2, 0.25) is 0 Å². The molecular formula is C19H21N5O3. The quantitative estimate of drug-likeness (QED) is 0.701. The van der Waals surface area contributed by atoms with Crippen molar-refractivity contribution in [2.24, 2.45) is 0 Å². The van der Waals surface area contributed by atoms with E-state index in [2.05, 4.69) is 9.97 Å². The van der Waals surface area contributed by atoms with Gasteiger partial charge in [0.2, 0.25) is 5.88 Å². The molecule has 4 rings (SSSR count). The number of aryl methyl sites for hydroxylation is 1. The molecule has 1 amide bonds. The Morgan fingerprint density at radius 3 is 2.85 bits per heavy atom. The van der Waals surface area contributed by atoms with Gasteiger partial charge in [0.1, 0.15) is 0 Å². The summed E-state index contributed by atoms with van der Waals surface area (Å²) in [7, 11) is 1.54. The maximum Gasteiger partial charge on any atom is 0.330 e. The highest BCUT2D eigenvalue weighted by molar-refractivity contribution is 5.94. The minimum Gasteiger partial charge on any atom is -0.481 e. The number of methoxy groups -OCH3 is 1. The molecule has 0 saturated carbocycles. The van der Waals surface area contributed by atoms with Gasteiger partial charge in [-0.15, -0.1) is 0 Å². The number of amides is 1. The minimum atomic E-state index is -0.0899. The maximum atomic E-state index is 12.9. The third-order valence-corrected chi connectivity index (χ3v) is 5.05. The van der Waals surface area contributed by atoms with Crippen molar-refractivity contribution in [3.05, 3.63) is 52.7 Å². The number of imidazole rings is 1. The van der Waals surface area contributed by atoms with Crippen LogP contribution in [0.15, 0.2) is 41.5 Å². The first-order valence-corrected chi connectivity index (χ1v) is 8.99. The molecule has 1 atom stereocenters. The van der Waals surface area contributed by atoms with Gasteiger partial charge in [-0.3, -0.25) is 13.9 Å². The van der Waals surface area contributed by atoms with E-state index in [0.29, 0.717) is 43.1 Å². The lowest BCUT2D eigenvalue weighted by atomic mass is 10.2. The van der Waals surface area contributed by atoms with Gasteiger partial charge in [-0.05, 0) is 31.5 Å². The number of rotatable bonds is 4. The van der Waals surface area contributed by atoms with E-state index in [4.69, 9.17) is 4.74 Å². The fourth-order valence-electron chi connectivity index (χ4n) is 3.69. The first kappa shape index (κ1) is 17.3. The van der Waals surface area contributed by atoms with Gasteiger partial charge in [0.15, 0.2) is 5.65 Å². The second-order valence-corrected chi connectivity index (χ2v) is 6.53. The molecule has 0 unspecified atom stereocenters. The Hall–Kier alpha value is -3.16. The van der Waals surface area contributed by atoms with Crippen LogP contribution < -0.4 is 10.4 Å². The van der Waals surface area contributed by atoms with E-state index >= 15 is 0 Å². The highest BCUT2D eigenvalue weighted by Crippen LogP contribution is 2.25. The average Bonchev–Trinajstić information content (AvgIpc) is 3.29. The first-order valence-electron chi connectivity index (χ1n) is 8.99. The molecule has 0 N–H and O–H groups in total. The molecule has 0 bridgehead atoms. The molecule has 0 aliphatic carbocycles. The van der Waals surface area contributed by atoms with E-state index in [9.17, 15) is 9.59 Å². The van der Waals surface area contributed by atoms with Crippen molar-refractivity contribution in [3.63, 3.8) is 0 Å². The number of nitrogens with zero attached hydrogens (tertiary/aromatic N) is 5. The molecule has 0 aromatic carbocycles. The predicted octanol–water partition coefficient (Wildman–Crippen LogP) is 1.71. The number of pyridine rings is 2. The van der Waals surface area contributed by atoms with Gasteiger partial charge in [0.05, 0.1) is 24.2 Å². The fourth-order valence-corrected chi connectivity index (χ4v) is 3.69. The zero-order chi connectivity index (χ0) is 19.0. The third kappa shape index (κ3) is 2.87. The van der Waals surface area contributed by atoms with Crippen molar-refractivity contribution >= 4 is 17.1 Å². The van der Waals surface area contributed by atoms with Crippen molar-refractivity contribution < 1.29 is 9.53 Å². The monoisotopic (exact) mass is 367 g/mol. The molecule has 1 aliphatic heterocycles. The summed E-state index contributed by atoms with van der Waals surface area (Å²) >= 11 is 0. The van der Waals surface area contributed by atoms with E-state index < -0.39 is 0 Å². The fraction of sp³-hybridized carbons (Fsp3) is 0.368. The Kier molecular flexibility index (Phi) is 4.39. The Bertz CT molecular complexity index is 1040.